The summed E-state index contributed by atoms with van der Waals surface area (Å²) in [7, 11) is 0. The lowest BCUT2D eigenvalue weighted by Gasteiger charge is -2.06. The maximum absolute atomic E-state index is 12.6. The highest BCUT2D eigenvalue weighted by atomic mass is 32.1. The zero-order valence-corrected chi connectivity index (χ0v) is 15.0. The van der Waals surface area contributed by atoms with Gasteiger partial charge < -0.3 is 9.72 Å². The van der Waals surface area contributed by atoms with Gasteiger partial charge >= 0.3 is 0 Å². The fourth-order valence-corrected chi connectivity index (χ4v) is 2.91. The molecule has 3 aromatic carbocycles. The van der Waals surface area contributed by atoms with E-state index in [1.165, 1.54) is 4.68 Å². The Bertz CT molecular complexity index is 1240. The van der Waals surface area contributed by atoms with E-state index < -0.39 is 0 Å². The summed E-state index contributed by atoms with van der Waals surface area (Å²) in [4.78, 5) is 15.6. The van der Waals surface area contributed by atoms with Crippen molar-refractivity contribution in [3.05, 3.63) is 99.6 Å². The molecular weight excluding hydrogens is 358 g/mol. The molecule has 1 N–H and O–H groups in total. The van der Waals surface area contributed by atoms with E-state index in [2.05, 4.69) is 10.1 Å². The highest BCUT2D eigenvalue weighted by Crippen LogP contribution is 2.21. The summed E-state index contributed by atoms with van der Waals surface area (Å²) in [5, 5.41) is 4.79. The van der Waals surface area contributed by atoms with Crippen LogP contribution in [-0.4, -0.2) is 15.9 Å². The van der Waals surface area contributed by atoms with Crippen molar-refractivity contribution in [1.29, 1.82) is 0 Å². The van der Waals surface area contributed by atoms with Crippen molar-refractivity contribution in [2.75, 3.05) is 0 Å². The van der Waals surface area contributed by atoms with E-state index in [-0.39, 0.29) is 10.3 Å². The molecule has 132 valence electrons. The van der Waals surface area contributed by atoms with E-state index in [4.69, 9.17) is 17.0 Å². The third kappa shape index (κ3) is 3.70. The van der Waals surface area contributed by atoms with Gasteiger partial charge in [-0.1, -0.05) is 42.5 Å². The number of fused-ring (bicyclic) bond motifs is 1. The van der Waals surface area contributed by atoms with Crippen LogP contribution < -0.4 is 10.3 Å². The van der Waals surface area contributed by atoms with Gasteiger partial charge in [-0.05, 0) is 54.2 Å². The summed E-state index contributed by atoms with van der Waals surface area (Å²) >= 11 is 5.26. The fraction of sp³-hybridized carbons (Fsp3) is 0. The standard InChI is InChI=1S/C21H15N3O2S/c25-20-18-11-4-5-12-19(18)23-21(27)24(20)22-14-15-7-6-10-17(13-15)26-16-8-2-1-3-9-16/h1-14H,(H,23,27)/b22-14+. The number of aromatic nitrogens is 2. The smallest absolute Gasteiger partial charge is 0.282 e. The number of nitrogens with one attached hydrogen (secondary N) is 1. The minimum absolute atomic E-state index is 0.242. The van der Waals surface area contributed by atoms with Gasteiger partial charge in [-0.25, -0.2) is 0 Å². The molecule has 0 bridgehead atoms. The van der Waals surface area contributed by atoms with Crippen molar-refractivity contribution in [2.24, 2.45) is 5.10 Å². The SMILES string of the molecule is O=c1c2ccccc2[nH]c(=S)n1/N=C/c1cccc(Oc2ccccc2)c1. The Hall–Kier alpha value is -3.51. The van der Waals surface area contributed by atoms with Crippen molar-refractivity contribution in [3.8, 4) is 11.5 Å². The molecule has 0 radical (unpaired) electrons. The quantitative estimate of drug-likeness (QED) is 0.415. The Morgan fingerprint density at radius 3 is 2.52 bits per heavy atom. The predicted molar refractivity (Wildman–Crippen MR) is 109 cm³/mol. The first-order chi connectivity index (χ1) is 13.2. The first kappa shape index (κ1) is 16.9. The first-order valence-electron chi connectivity index (χ1n) is 8.32. The van der Waals surface area contributed by atoms with Crippen LogP contribution in [0.5, 0.6) is 11.5 Å². The van der Waals surface area contributed by atoms with Crippen LogP contribution in [0.1, 0.15) is 5.56 Å². The summed E-state index contributed by atoms with van der Waals surface area (Å²) in [5.74, 6) is 1.43. The second-order valence-electron chi connectivity index (χ2n) is 5.82. The maximum Gasteiger partial charge on any atom is 0.282 e. The van der Waals surface area contributed by atoms with Gasteiger partial charge in [0.05, 0.1) is 17.1 Å². The van der Waals surface area contributed by atoms with Gasteiger partial charge in [0.1, 0.15) is 11.5 Å². The zero-order valence-electron chi connectivity index (χ0n) is 14.2. The van der Waals surface area contributed by atoms with Crippen LogP contribution in [0.4, 0.5) is 0 Å². The van der Waals surface area contributed by atoms with Gasteiger partial charge in [0, 0.05) is 0 Å². The van der Waals surface area contributed by atoms with Crippen molar-refractivity contribution in [3.63, 3.8) is 0 Å². The molecule has 0 aliphatic carbocycles. The molecule has 0 aliphatic heterocycles. The second kappa shape index (κ2) is 7.39. The largest absolute Gasteiger partial charge is 0.457 e. The van der Waals surface area contributed by atoms with E-state index in [0.717, 1.165) is 11.3 Å². The molecule has 4 rings (SSSR count). The average Bonchev–Trinajstić information content (AvgIpc) is 2.69. The molecule has 0 unspecified atom stereocenters. The summed E-state index contributed by atoms with van der Waals surface area (Å²) in [6, 6.07) is 24.2. The number of aromatic amines is 1. The topological polar surface area (TPSA) is 59.4 Å². The minimum atomic E-state index is -0.262. The molecule has 0 saturated carbocycles. The molecule has 0 amide bonds. The number of hydrogen-bond acceptors (Lipinski definition) is 4. The molecule has 0 aliphatic rings. The molecule has 0 fully saturated rings. The number of para-hydroxylation sites is 2. The Kier molecular flexibility index (Phi) is 4.63. The predicted octanol–water partition coefficient (Wildman–Crippen LogP) is 4.73. The maximum atomic E-state index is 12.6. The van der Waals surface area contributed by atoms with Crippen molar-refractivity contribution in [2.45, 2.75) is 0 Å². The number of H-pyrrole nitrogens is 1. The fourth-order valence-electron chi connectivity index (χ4n) is 2.67. The first-order valence-corrected chi connectivity index (χ1v) is 8.73. The second-order valence-corrected chi connectivity index (χ2v) is 6.21. The van der Waals surface area contributed by atoms with Gasteiger partial charge in [-0.15, -0.1) is 0 Å². The molecule has 4 aromatic rings. The lowest BCUT2D eigenvalue weighted by Crippen LogP contribution is -2.18. The highest BCUT2D eigenvalue weighted by Gasteiger charge is 2.04. The van der Waals surface area contributed by atoms with Gasteiger partial charge in [-0.3, -0.25) is 4.79 Å². The van der Waals surface area contributed by atoms with Crippen LogP contribution in [-0.2, 0) is 0 Å². The summed E-state index contributed by atoms with van der Waals surface area (Å²) in [6.07, 6.45) is 1.58. The van der Waals surface area contributed by atoms with Crippen LogP contribution in [0.25, 0.3) is 10.9 Å². The van der Waals surface area contributed by atoms with Crippen LogP contribution in [0.3, 0.4) is 0 Å². The molecule has 1 aromatic heterocycles. The van der Waals surface area contributed by atoms with Gasteiger partial charge in [0.25, 0.3) is 5.56 Å². The number of rotatable bonds is 4. The van der Waals surface area contributed by atoms with Crippen molar-refractivity contribution >= 4 is 29.3 Å². The lowest BCUT2D eigenvalue weighted by molar-refractivity contribution is 0.482. The van der Waals surface area contributed by atoms with Crippen LogP contribution in [0, 0.1) is 4.77 Å². The molecular formula is C21H15N3O2S. The zero-order chi connectivity index (χ0) is 18.6. The number of benzene rings is 3. The van der Waals surface area contributed by atoms with Gasteiger partial charge in [0.2, 0.25) is 4.77 Å². The van der Waals surface area contributed by atoms with E-state index in [1.807, 2.05) is 66.7 Å². The molecule has 0 atom stereocenters. The Morgan fingerprint density at radius 1 is 0.926 bits per heavy atom. The molecule has 0 saturated heterocycles. The molecule has 6 heteroatoms. The van der Waals surface area contributed by atoms with Gasteiger partial charge in [-0.2, -0.15) is 9.78 Å². The molecule has 5 nitrogen and oxygen atoms in total. The third-order valence-electron chi connectivity index (χ3n) is 3.94. The summed E-state index contributed by atoms with van der Waals surface area (Å²) in [6.45, 7) is 0. The minimum Gasteiger partial charge on any atom is -0.457 e. The third-order valence-corrected chi connectivity index (χ3v) is 4.22. The Balaban J connectivity index is 1.66. The monoisotopic (exact) mass is 373 g/mol. The molecule has 27 heavy (non-hydrogen) atoms. The van der Waals surface area contributed by atoms with E-state index in [9.17, 15) is 4.79 Å². The van der Waals surface area contributed by atoms with Gasteiger partial charge in [0.15, 0.2) is 0 Å². The normalized spacial score (nSPS) is 11.1. The molecule has 0 spiro atoms. The van der Waals surface area contributed by atoms with Crippen molar-refractivity contribution in [1.82, 2.24) is 9.66 Å². The lowest BCUT2D eigenvalue weighted by atomic mass is 10.2. The number of hydrogen-bond donors (Lipinski definition) is 1. The average molecular weight is 373 g/mol. The Morgan fingerprint density at radius 2 is 1.67 bits per heavy atom. The van der Waals surface area contributed by atoms with E-state index in [0.29, 0.717) is 16.7 Å². The number of nitrogens with zero attached hydrogens (tertiary/aromatic N) is 2. The molecule has 1 heterocycles. The van der Waals surface area contributed by atoms with Crippen LogP contribution >= 0.6 is 12.2 Å². The Labute approximate surface area is 160 Å². The van der Waals surface area contributed by atoms with Crippen LogP contribution in [0.15, 0.2) is 88.8 Å². The van der Waals surface area contributed by atoms with Crippen LogP contribution in [0.2, 0.25) is 0 Å². The number of ether oxygens (including phenoxy) is 1. The summed E-state index contributed by atoms with van der Waals surface area (Å²) < 4.78 is 7.24. The van der Waals surface area contributed by atoms with Crippen molar-refractivity contribution < 1.29 is 4.74 Å². The highest BCUT2D eigenvalue weighted by molar-refractivity contribution is 7.71. The van der Waals surface area contributed by atoms with E-state index >= 15 is 0 Å². The van der Waals surface area contributed by atoms with E-state index in [1.54, 1.807) is 18.3 Å². The summed E-state index contributed by atoms with van der Waals surface area (Å²) in [5.41, 5.74) is 1.22.